The number of hydrogen-bond acceptors (Lipinski definition) is 3. The van der Waals surface area contributed by atoms with Crippen LogP contribution in [0.25, 0.3) is 0 Å². The Bertz CT molecular complexity index is 587. The van der Waals surface area contributed by atoms with Crippen LogP contribution in [0.3, 0.4) is 0 Å². The van der Waals surface area contributed by atoms with Crippen LogP contribution in [0.5, 0.6) is 0 Å². The van der Waals surface area contributed by atoms with Crippen LogP contribution in [0, 0.1) is 20.8 Å². The van der Waals surface area contributed by atoms with E-state index in [1.165, 1.54) is 5.56 Å². The van der Waals surface area contributed by atoms with Gasteiger partial charge in [0, 0.05) is 29.4 Å². The molecule has 0 amide bonds. The fraction of sp³-hybridized carbons (Fsp3) is 0.520. The molecule has 0 spiro atoms. The van der Waals surface area contributed by atoms with E-state index in [1.54, 1.807) is 52.5 Å². The summed E-state index contributed by atoms with van der Waals surface area (Å²) in [6.45, 7) is 32.7. The van der Waals surface area contributed by atoms with Crippen molar-refractivity contribution >= 4 is 35.3 Å². The van der Waals surface area contributed by atoms with Gasteiger partial charge in [-0.25, -0.2) is 6.07 Å². The molecule has 0 aliphatic carbocycles. The van der Waals surface area contributed by atoms with Gasteiger partial charge in [0.15, 0.2) is 0 Å². The van der Waals surface area contributed by atoms with Crippen LogP contribution in [0.4, 0.5) is 0 Å². The molecule has 0 N–H and O–H groups in total. The van der Waals surface area contributed by atoms with Crippen molar-refractivity contribution in [1.29, 1.82) is 0 Å². The molecule has 0 radical (unpaired) electrons. The van der Waals surface area contributed by atoms with E-state index in [2.05, 4.69) is 84.4 Å². The molecule has 7 heteroatoms. The van der Waals surface area contributed by atoms with E-state index in [1.807, 2.05) is 0 Å². The molecule has 1 rings (SSSR count). The maximum Gasteiger partial charge on any atom is 4.00 e. The van der Waals surface area contributed by atoms with Crippen molar-refractivity contribution in [2.75, 3.05) is 21.3 Å². The third-order valence-corrected chi connectivity index (χ3v) is 14.5. The van der Waals surface area contributed by atoms with Crippen LogP contribution in [0.2, 0.25) is 38.3 Å². The predicted octanol–water partition coefficient (Wildman–Crippen LogP) is 6.09. The van der Waals surface area contributed by atoms with Crippen LogP contribution in [0.1, 0.15) is 26.3 Å². The molecule has 0 aliphatic heterocycles. The molecule has 0 unspecified atom stereocenters. The zero-order valence-corrected chi connectivity index (χ0v) is 27.8. The van der Waals surface area contributed by atoms with Crippen molar-refractivity contribution in [3.63, 3.8) is 0 Å². The molecule has 0 fully saturated rings. The second-order valence-corrected chi connectivity index (χ2v) is 20.2. The second kappa shape index (κ2) is 20.4. The molecule has 1 aromatic rings. The molecule has 32 heavy (non-hydrogen) atoms. The summed E-state index contributed by atoms with van der Waals surface area (Å²) in [6.07, 6.45) is 4.14. The summed E-state index contributed by atoms with van der Waals surface area (Å²) in [4.78, 5) is 0. The van der Waals surface area contributed by atoms with Crippen LogP contribution in [-0.4, -0.2) is 46.3 Å². The third kappa shape index (κ3) is 11.5. The molecule has 0 atom stereocenters. The molecule has 1 aromatic carbocycles. The standard InChI is InChI=1S/C19H35O3Si3.3C2H5.Pt/c1-10-14-23(6,7)18-13-12-17(16-25(20-3,21-4)22-5)19(18)24(8,9)15-11-2;3*1-2;/h10-13H,1-2,14-16H2,3-9H3;3*1H2,2H3;/q4*-1;+4. The summed E-state index contributed by atoms with van der Waals surface area (Å²) >= 11 is 0. The van der Waals surface area contributed by atoms with E-state index >= 15 is 0 Å². The smallest absolute Gasteiger partial charge is 0.377 e. The zero-order chi connectivity index (χ0) is 25.3. The van der Waals surface area contributed by atoms with Crippen LogP contribution in [-0.2, 0) is 40.4 Å². The van der Waals surface area contributed by atoms with E-state index in [4.69, 9.17) is 13.3 Å². The molecule has 0 bridgehead atoms. The topological polar surface area (TPSA) is 27.7 Å². The van der Waals surface area contributed by atoms with Crippen molar-refractivity contribution in [1.82, 2.24) is 0 Å². The average molecular weight is 678 g/mol. The molecular weight excluding hydrogens is 628 g/mol. The van der Waals surface area contributed by atoms with Gasteiger partial charge in [-0.05, 0) is 18.1 Å². The SMILES string of the molecule is C=CC[Si](C)(C)c1c(C[Si](OC)(OC)OC)cc[c-]1[Si](C)(C)CC=C.[CH2-]C.[CH2-]C.[CH2-]C.[Pt+4]. The molecule has 3 nitrogen and oxygen atoms in total. The Morgan fingerprint density at radius 3 is 1.59 bits per heavy atom. The first-order chi connectivity index (χ1) is 14.6. The predicted molar refractivity (Wildman–Crippen MR) is 150 cm³/mol. The van der Waals surface area contributed by atoms with Gasteiger partial charge in [-0.1, -0.05) is 38.3 Å². The molecule has 0 heterocycles. The van der Waals surface area contributed by atoms with Gasteiger partial charge < -0.3 is 34.0 Å². The molecule has 190 valence electrons. The molecule has 0 aliphatic rings. The van der Waals surface area contributed by atoms with Gasteiger partial charge in [0.25, 0.3) is 0 Å². The Labute approximate surface area is 219 Å². The van der Waals surface area contributed by atoms with Gasteiger partial charge >= 0.3 is 29.9 Å². The number of hydrogen-bond donors (Lipinski definition) is 0. The van der Waals surface area contributed by atoms with Crippen molar-refractivity contribution in [3.8, 4) is 0 Å². The fourth-order valence-electron chi connectivity index (χ4n) is 3.67. The minimum absolute atomic E-state index is 0. The summed E-state index contributed by atoms with van der Waals surface area (Å²) in [5.41, 5.74) is 1.34. The third-order valence-electron chi connectivity index (χ3n) is 5.10. The summed E-state index contributed by atoms with van der Waals surface area (Å²) in [7, 11) is -0.834. The normalized spacial score (nSPS) is 10.8. The largest absolute Gasteiger partial charge is 4.00 e. The van der Waals surface area contributed by atoms with Crippen LogP contribution >= 0.6 is 0 Å². The Balaban J connectivity index is -0.000000514. The maximum atomic E-state index is 5.70. The van der Waals surface area contributed by atoms with Gasteiger partial charge in [0.2, 0.25) is 0 Å². The Morgan fingerprint density at radius 2 is 1.25 bits per heavy atom. The first-order valence-corrected chi connectivity index (χ1v) is 19.3. The van der Waals surface area contributed by atoms with Gasteiger partial charge in [-0.15, -0.1) is 13.2 Å². The fourth-order valence-corrected chi connectivity index (χ4v) is 12.7. The summed E-state index contributed by atoms with van der Waals surface area (Å²) in [6, 6.07) is 7.50. The summed E-state index contributed by atoms with van der Waals surface area (Å²) in [5.74, 6) is 0. The molecule has 0 aromatic heterocycles. The van der Waals surface area contributed by atoms with Gasteiger partial charge in [0.1, 0.15) is 0 Å². The van der Waals surface area contributed by atoms with E-state index in [-0.39, 0.29) is 21.1 Å². The van der Waals surface area contributed by atoms with Gasteiger partial charge in [-0.2, -0.15) is 42.8 Å². The maximum absolute atomic E-state index is 5.70. The Kier molecular flexibility index (Phi) is 25.1. The minimum atomic E-state index is -2.66. The van der Waals surface area contributed by atoms with Crippen LogP contribution in [0.15, 0.2) is 37.4 Å². The minimum Gasteiger partial charge on any atom is -0.377 e. The monoisotopic (exact) mass is 677 g/mol. The zero-order valence-electron chi connectivity index (χ0n) is 22.5. The van der Waals surface area contributed by atoms with E-state index in [9.17, 15) is 0 Å². The van der Waals surface area contributed by atoms with E-state index < -0.39 is 25.0 Å². The van der Waals surface area contributed by atoms with E-state index in [0.717, 1.165) is 18.1 Å². The second-order valence-electron chi connectivity index (χ2n) is 7.87. The van der Waals surface area contributed by atoms with Crippen molar-refractivity contribution in [2.45, 2.75) is 65.1 Å². The Morgan fingerprint density at radius 1 is 0.844 bits per heavy atom. The summed E-state index contributed by atoms with van der Waals surface area (Å²) < 4.78 is 17.1. The first-order valence-electron chi connectivity index (χ1n) is 10.9. The molecule has 0 saturated heterocycles. The van der Waals surface area contributed by atoms with Crippen molar-refractivity contribution in [2.24, 2.45) is 0 Å². The Hall–Kier alpha value is 0.0490. The number of allylic oxidation sites excluding steroid dienone is 2. The summed E-state index contributed by atoms with van der Waals surface area (Å²) in [5, 5.41) is 3.13. The van der Waals surface area contributed by atoms with Gasteiger partial charge in [-0.3, -0.25) is 0 Å². The quantitative estimate of drug-likeness (QED) is 0.161. The molecular formula is C25H50O3PtSi3. The van der Waals surface area contributed by atoms with Crippen molar-refractivity contribution < 1.29 is 34.3 Å². The number of rotatable bonds is 11. The first kappa shape index (κ1) is 39.3. The van der Waals surface area contributed by atoms with Gasteiger partial charge in [0.05, 0.1) is 8.07 Å². The van der Waals surface area contributed by atoms with E-state index in [0.29, 0.717) is 0 Å². The molecule has 0 saturated carbocycles. The average Bonchev–Trinajstić information content (AvgIpc) is 3.22. The van der Waals surface area contributed by atoms with Crippen LogP contribution < -0.4 is 10.4 Å². The van der Waals surface area contributed by atoms with Crippen molar-refractivity contribution in [3.05, 3.63) is 63.8 Å².